The number of nitro groups is 1. The number of Topliss-reactive ketones (excluding diaryl/α,β-unsaturated/α-hetero) is 1. The van der Waals surface area contributed by atoms with Gasteiger partial charge in [0.1, 0.15) is 10.6 Å². The zero-order valence-electron chi connectivity index (χ0n) is 19.5. The van der Waals surface area contributed by atoms with Gasteiger partial charge in [0, 0.05) is 17.7 Å². The van der Waals surface area contributed by atoms with E-state index in [0.717, 1.165) is 21.8 Å². The second-order valence-corrected chi connectivity index (χ2v) is 8.99. The molecular formula is C25H21N3O7S. The monoisotopic (exact) mass is 507 g/mol. The van der Waals surface area contributed by atoms with Gasteiger partial charge in [-0.15, -0.1) is 0 Å². The molecule has 184 valence electrons. The summed E-state index contributed by atoms with van der Waals surface area (Å²) in [6.07, 6.45) is 0. The third-order valence-electron chi connectivity index (χ3n) is 5.64. The van der Waals surface area contributed by atoms with Crippen LogP contribution in [0.1, 0.15) is 45.0 Å². The molecule has 11 heteroatoms. The summed E-state index contributed by atoms with van der Waals surface area (Å²) in [6.45, 7) is 5.25. The van der Waals surface area contributed by atoms with Gasteiger partial charge in [0.25, 0.3) is 11.5 Å². The van der Waals surface area contributed by atoms with Crippen LogP contribution in [0.2, 0.25) is 0 Å². The highest BCUT2D eigenvalue weighted by Crippen LogP contribution is 2.44. The number of anilines is 1. The predicted molar refractivity (Wildman–Crippen MR) is 132 cm³/mol. The van der Waals surface area contributed by atoms with E-state index >= 15 is 0 Å². The summed E-state index contributed by atoms with van der Waals surface area (Å²) in [5.74, 6) is -2.89. The van der Waals surface area contributed by atoms with E-state index in [9.17, 15) is 29.6 Å². The predicted octanol–water partition coefficient (Wildman–Crippen LogP) is 4.47. The van der Waals surface area contributed by atoms with Crippen molar-refractivity contribution in [3.8, 4) is 0 Å². The number of thiazole rings is 1. The zero-order chi connectivity index (χ0) is 26.1. The fourth-order valence-electron chi connectivity index (χ4n) is 3.86. The number of ketones is 1. The van der Waals surface area contributed by atoms with Crippen molar-refractivity contribution in [3.63, 3.8) is 0 Å². The largest absolute Gasteiger partial charge is 0.507 e. The van der Waals surface area contributed by atoms with Gasteiger partial charge >= 0.3 is 11.9 Å². The van der Waals surface area contributed by atoms with Gasteiger partial charge in [-0.25, -0.2) is 9.78 Å². The lowest BCUT2D eigenvalue weighted by atomic mass is 9.95. The smallest absolute Gasteiger partial charge is 0.350 e. The Kier molecular flexibility index (Phi) is 6.67. The van der Waals surface area contributed by atoms with Crippen LogP contribution in [0.4, 0.5) is 10.8 Å². The van der Waals surface area contributed by atoms with Crippen LogP contribution < -0.4 is 4.90 Å². The quantitative estimate of drug-likeness (QED) is 0.129. The van der Waals surface area contributed by atoms with Crippen LogP contribution in [-0.4, -0.2) is 39.3 Å². The van der Waals surface area contributed by atoms with E-state index in [4.69, 9.17) is 4.74 Å². The molecule has 4 rings (SSSR count). The number of carbonyl (C=O) groups excluding carboxylic acids is 3. The molecule has 0 radical (unpaired) electrons. The lowest BCUT2D eigenvalue weighted by Crippen LogP contribution is -2.29. The zero-order valence-corrected chi connectivity index (χ0v) is 20.4. The topological polar surface area (TPSA) is 140 Å². The fourth-order valence-corrected chi connectivity index (χ4v) is 4.85. The van der Waals surface area contributed by atoms with Crippen LogP contribution in [0.3, 0.4) is 0 Å². The molecule has 1 aliphatic rings. The van der Waals surface area contributed by atoms with Crippen molar-refractivity contribution in [1.82, 2.24) is 4.98 Å². The van der Waals surface area contributed by atoms with Gasteiger partial charge in [0.2, 0.25) is 0 Å². The van der Waals surface area contributed by atoms with E-state index in [-0.39, 0.29) is 27.9 Å². The average molecular weight is 508 g/mol. The first-order valence-corrected chi connectivity index (χ1v) is 11.7. The first kappa shape index (κ1) is 24.7. The average Bonchev–Trinajstić information content (AvgIpc) is 3.36. The van der Waals surface area contributed by atoms with Crippen molar-refractivity contribution in [2.24, 2.45) is 0 Å². The Hall–Kier alpha value is -4.38. The number of amides is 1. The summed E-state index contributed by atoms with van der Waals surface area (Å²) in [7, 11) is 0. The molecule has 1 aromatic heterocycles. The third-order valence-corrected chi connectivity index (χ3v) is 6.78. The first-order chi connectivity index (χ1) is 17.1. The van der Waals surface area contributed by atoms with Gasteiger partial charge in [-0.1, -0.05) is 41.2 Å². The lowest BCUT2D eigenvalue weighted by Gasteiger charge is -2.23. The van der Waals surface area contributed by atoms with E-state index in [1.54, 1.807) is 38.1 Å². The molecule has 0 spiro atoms. The maximum Gasteiger partial charge on any atom is 0.350 e. The molecule has 2 aromatic carbocycles. The van der Waals surface area contributed by atoms with E-state index in [2.05, 4.69) is 4.98 Å². The molecule has 36 heavy (non-hydrogen) atoms. The van der Waals surface area contributed by atoms with E-state index in [1.807, 2.05) is 6.92 Å². The minimum Gasteiger partial charge on any atom is -0.507 e. The number of hydrogen-bond acceptors (Lipinski definition) is 9. The molecule has 1 amide bonds. The van der Waals surface area contributed by atoms with Gasteiger partial charge in [-0.3, -0.25) is 24.6 Å². The van der Waals surface area contributed by atoms with Crippen LogP contribution in [-0.2, 0) is 14.3 Å². The molecule has 1 fully saturated rings. The normalized spacial score (nSPS) is 16.9. The number of nitrogens with zero attached hydrogens (tertiary/aromatic N) is 3. The van der Waals surface area contributed by atoms with E-state index < -0.39 is 34.4 Å². The maximum absolute atomic E-state index is 13.3. The summed E-state index contributed by atoms with van der Waals surface area (Å²) >= 11 is 0.883. The van der Waals surface area contributed by atoms with Crippen molar-refractivity contribution in [1.29, 1.82) is 0 Å². The number of carbonyl (C=O) groups is 3. The van der Waals surface area contributed by atoms with Crippen molar-refractivity contribution in [2.45, 2.75) is 26.8 Å². The highest BCUT2D eigenvalue weighted by molar-refractivity contribution is 7.17. The van der Waals surface area contributed by atoms with Gasteiger partial charge in [-0.05, 0) is 38.5 Å². The van der Waals surface area contributed by atoms with Crippen molar-refractivity contribution >= 4 is 45.6 Å². The second-order valence-electron chi connectivity index (χ2n) is 8.02. The number of aromatic nitrogens is 1. The Bertz CT molecular complexity index is 1410. The van der Waals surface area contributed by atoms with Gasteiger partial charge < -0.3 is 9.84 Å². The minimum atomic E-state index is -1.13. The van der Waals surface area contributed by atoms with Gasteiger partial charge in [0.05, 0.1) is 28.8 Å². The van der Waals surface area contributed by atoms with Crippen LogP contribution >= 0.6 is 11.3 Å². The van der Waals surface area contributed by atoms with Crippen LogP contribution in [0.25, 0.3) is 5.76 Å². The first-order valence-electron chi connectivity index (χ1n) is 10.9. The molecule has 1 atom stereocenters. The molecule has 2 heterocycles. The summed E-state index contributed by atoms with van der Waals surface area (Å²) in [5, 5.41) is 22.3. The molecule has 1 saturated heterocycles. The standard InChI is InChI=1S/C25H21N3O7S/c1-4-35-24(32)22-14(3)26-25(36-22)27-19(15-9-11-17(12-10-15)28(33)34)18(21(30)23(27)31)20(29)16-7-5-13(2)6-8-16/h5-12,19,29H,4H2,1-3H3/b20-18+. The Morgan fingerprint density at radius 1 is 1.14 bits per heavy atom. The van der Waals surface area contributed by atoms with Crippen molar-refractivity contribution in [3.05, 3.63) is 91.5 Å². The number of ether oxygens (including phenoxy) is 1. The summed E-state index contributed by atoms with van der Waals surface area (Å²) in [5.41, 5.74) is 1.55. The Morgan fingerprint density at radius 3 is 2.36 bits per heavy atom. The minimum absolute atomic E-state index is 0.0592. The van der Waals surface area contributed by atoms with Gasteiger partial charge in [-0.2, -0.15) is 0 Å². The van der Waals surface area contributed by atoms with E-state index in [0.29, 0.717) is 16.8 Å². The molecule has 10 nitrogen and oxygen atoms in total. The van der Waals surface area contributed by atoms with Crippen LogP contribution in [0.5, 0.6) is 0 Å². The second kappa shape index (κ2) is 9.70. The highest BCUT2D eigenvalue weighted by Gasteiger charge is 2.48. The van der Waals surface area contributed by atoms with Crippen LogP contribution in [0, 0.1) is 24.0 Å². The Labute approximate surface area is 209 Å². The number of benzene rings is 2. The van der Waals surface area contributed by atoms with Crippen LogP contribution in [0.15, 0.2) is 54.1 Å². The molecule has 3 aromatic rings. The SMILES string of the molecule is CCOC(=O)c1sc(N2C(=O)C(=O)/C(=C(/O)c3ccc(C)cc3)C2c2ccc([N+](=O)[O-])cc2)nc1C. The number of nitro benzene ring substituents is 1. The van der Waals surface area contributed by atoms with E-state index in [1.165, 1.54) is 24.3 Å². The van der Waals surface area contributed by atoms with Crippen molar-refractivity contribution in [2.75, 3.05) is 11.5 Å². The number of aliphatic hydroxyl groups is 1. The maximum atomic E-state index is 13.3. The Balaban J connectivity index is 1.91. The Morgan fingerprint density at radius 2 is 1.78 bits per heavy atom. The number of aryl methyl sites for hydroxylation is 2. The molecule has 0 aliphatic carbocycles. The molecule has 1 aliphatic heterocycles. The van der Waals surface area contributed by atoms with Crippen molar-refractivity contribution < 1.29 is 29.2 Å². The summed E-state index contributed by atoms with van der Waals surface area (Å²) < 4.78 is 5.05. The number of rotatable bonds is 6. The molecule has 1 unspecified atom stereocenters. The fraction of sp³-hybridized carbons (Fsp3) is 0.200. The summed E-state index contributed by atoms with van der Waals surface area (Å²) in [6, 6.07) is 10.9. The number of non-ortho nitro benzene ring substituents is 1. The number of esters is 1. The molecular weight excluding hydrogens is 486 g/mol. The third kappa shape index (κ3) is 4.36. The molecule has 0 saturated carbocycles. The van der Waals surface area contributed by atoms with Gasteiger partial charge in [0.15, 0.2) is 5.13 Å². The highest BCUT2D eigenvalue weighted by atomic mass is 32.1. The number of aliphatic hydroxyl groups excluding tert-OH is 1. The molecule has 1 N–H and O–H groups in total. The molecule has 0 bridgehead atoms. The lowest BCUT2D eigenvalue weighted by molar-refractivity contribution is -0.384. The number of hydrogen-bond donors (Lipinski definition) is 1. The summed E-state index contributed by atoms with van der Waals surface area (Å²) in [4.78, 5) is 55.0.